The zero-order valence-electron chi connectivity index (χ0n) is 15.3. The van der Waals surface area contributed by atoms with Gasteiger partial charge in [-0.3, -0.25) is 4.79 Å². The number of hydrogen-bond acceptors (Lipinski definition) is 5. The minimum atomic E-state index is -0.210. The topological polar surface area (TPSA) is 69.0 Å². The molecule has 9 heteroatoms. The molecule has 3 aromatic rings. The molecule has 0 saturated carbocycles. The Labute approximate surface area is 177 Å². The molecule has 146 valence electrons. The van der Waals surface area contributed by atoms with Crippen LogP contribution in [0.3, 0.4) is 0 Å². The van der Waals surface area contributed by atoms with Crippen LogP contribution in [0.4, 0.5) is 5.69 Å². The molecule has 1 heterocycles. The van der Waals surface area contributed by atoms with Crippen LogP contribution in [0.1, 0.15) is 6.92 Å². The van der Waals surface area contributed by atoms with Gasteiger partial charge in [0, 0.05) is 6.54 Å². The number of hydrogen-bond donors (Lipinski definition) is 1. The standard InChI is InChI=1S/C19H18Cl2N4O2S/c1-3-25-18(12-7-4-5-10-15(12)27-2)23-24-19(25)28-11-16(26)22-14-9-6-8-13(20)17(14)21/h4-10H,3,11H2,1-2H3,(H,22,26). The molecule has 1 amide bonds. The molecule has 0 aliphatic rings. The lowest BCUT2D eigenvalue weighted by Crippen LogP contribution is -2.15. The summed E-state index contributed by atoms with van der Waals surface area (Å²) in [5.74, 6) is 1.36. The molecule has 0 bridgehead atoms. The lowest BCUT2D eigenvalue weighted by molar-refractivity contribution is -0.113. The number of para-hydroxylation sites is 1. The number of aromatic nitrogens is 3. The molecule has 1 aromatic heterocycles. The molecule has 28 heavy (non-hydrogen) atoms. The summed E-state index contributed by atoms with van der Waals surface area (Å²) in [6.07, 6.45) is 0. The number of methoxy groups -OCH3 is 1. The van der Waals surface area contributed by atoms with E-state index >= 15 is 0 Å². The Morgan fingerprint density at radius 1 is 1.18 bits per heavy atom. The smallest absolute Gasteiger partial charge is 0.234 e. The first-order valence-corrected chi connectivity index (χ1v) is 10.2. The van der Waals surface area contributed by atoms with Crippen LogP contribution in [0.25, 0.3) is 11.4 Å². The third-order valence-corrected chi connectivity index (χ3v) is 5.72. The van der Waals surface area contributed by atoms with Crippen molar-refractivity contribution in [1.82, 2.24) is 14.8 Å². The SMILES string of the molecule is CCn1c(SCC(=O)Nc2cccc(Cl)c2Cl)nnc1-c1ccccc1OC. The second-order valence-corrected chi connectivity index (χ2v) is 7.42. The van der Waals surface area contributed by atoms with Gasteiger partial charge in [-0.05, 0) is 31.2 Å². The highest BCUT2D eigenvalue weighted by Gasteiger charge is 2.17. The fraction of sp³-hybridized carbons (Fsp3) is 0.211. The number of thioether (sulfide) groups is 1. The number of amides is 1. The lowest BCUT2D eigenvalue weighted by Gasteiger charge is -2.10. The van der Waals surface area contributed by atoms with Gasteiger partial charge in [-0.25, -0.2) is 0 Å². The van der Waals surface area contributed by atoms with E-state index in [1.54, 1.807) is 25.3 Å². The Bertz CT molecular complexity index is 994. The van der Waals surface area contributed by atoms with Crippen LogP contribution in [-0.4, -0.2) is 33.5 Å². The third-order valence-electron chi connectivity index (χ3n) is 3.94. The molecule has 0 spiro atoms. The zero-order chi connectivity index (χ0) is 20.1. The summed E-state index contributed by atoms with van der Waals surface area (Å²) in [5.41, 5.74) is 1.33. The summed E-state index contributed by atoms with van der Waals surface area (Å²) >= 11 is 13.4. The number of ether oxygens (including phenoxy) is 1. The van der Waals surface area contributed by atoms with Crippen molar-refractivity contribution >= 4 is 46.6 Å². The minimum Gasteiger partial charge on any atom is -0.496 e. The van der Waals surface area contributed by atoms with E-state index in [-0.39, 0.29) is 11.7 Å². The summed E-state index contributed by atoms with van der Waals surface area (Å²) in [6, 6.07) is 12.7. The maximum atomic E-state index is 12.3. The number of nitrogens with zero attached hydrogens (tertiary/aromatic N) is 3. The van der Waals surface area contributed by atoms with Crippen LogP contribution in [0, 0.1) is 0 Å². The molecule has 2 aromatic carbocycles. The Morgan fingerprint density at radius 3 is 2.71 bits per heavy atom. The molecule has 0 aliphatic carbocycles. The highest BCUT2D eigenvalue weighted by Crippen LogP contribution is 2.32. The first-order valence-electron chi connectivity index (χ1n) is 8.48. The summed E-state index contributed by atoms with van der Waals surface area (Å²) in [5, 5.41) is 12.7. The van der Waals surface area contributed by atoms with Crippen molar-refractivity contribution in [2.45, 2.75) is 18.6 Å². The molecular formula is C19H18Cl2N4O2S. The Hall–Kier alpha value is -2.22. The van der Waals surface area contributed by atoms with Crippen LogP contribution in [-0.2, 0) is 11.3 Å². The van der Waals surface area contributed by atoms with Gasteiger partial charge in [0.1, 0.15) is 5.75 Å². The van der Waals surface area contributed by atoms with Gasteiger partial charge in [0.15, 0.2) is 11.0 Å². The van der Waals surface area contributed by atoms with Gasteiger partial charge in [0.25, 0.3) is 0 Å². The first kappa shape index (κ1) is 20.5. The van der Waals surface area contributed by atoms with Crippen molar-refractivity contribution in [3.8, 4) is 17.1 Å². The highest BCUT2D eigenvalue weighted by molar-refractivity contribution is 7.99. The van der Waals surface area contributed by atoms with E-state index in [1.165, 1.54) is 11.8 Å². The maximum absolute atomic E-state index is 12.3. The van der Waals surface area contributed by atoms with Crippen molar-refractivity contribution in [2.75, 3.05) is 18.2 Å². The van der Waals surface area contributed by atoms with Crippen LogP contribution >= 0.6 is 35.0 Å². The average molecular weight is 437 g/mol. The van der Waals surface area contributed by atoms with Crippen LogP contribution in [0.15, 0.2) is 47.6 Å². The van der Waals surface area contributed by atoms with E-state index in [1.807, 2.05) is 35.8 Å². The van der Waals surface area contributed by atoms with Crippen molar-refractivity contribution in [3.05, 3.63) is 52.5 Å². The quantitative estimate of drug-likeness (QED) is 0.527. The Kier molecular flexibility index (Phi) is 6.83. The van der Waals surface area contributed by atoms with Gasteiger partial charge >= 0.3 is 0 Å². The molecule has 0 aliphatic heterocycles. The average Bonchev–Trinajstić information content (AvgIpc) is 3.12. The van der Waals surface area contributed by atoms with Gasteiger partial charge in [0.05, 0.1) is 34.2 Å². The van der Waals surface area contributed by atoms with Crippen LogP contribution in [0.2, 0.25) is 10.0 Å². The van der Waals surface area contributed by atoms with Gasteiger partial charge < -0.3 is 14.6 Å². The van der Waals surface area contributed by atoms with E-state index in [0.717, 1.165) is 11.3 Å². The Balaban J connectivity index is 1.74. The van der Waals surface area contributed by atoms with E-state index in [9.17, 15) is 4.79 Å². The van der Waals surface area contributed by atoms with Gasteiger partial charge in [-0.2, -0.15) is 0 Å². The largest absolute Gasteiger partial charge is 0.496 e. The number of benzene rings is 2. The third kappa shape index (κ3) is 4.43. The fourth-order valence-corrected chi connectivity index (χ4v) is 3.78. The molecule has 0 atom stereocenters. The zero-order valence-corrected chi connectivity index (χ0v) is 17.6. The summed E-state index contributed by atoms with van der Waals surface area (Å²) < 4.78 is 7.37. The van der Waals surface area contributed by atoms with Gasteiger partial charge in [-0.1, -0.05) is 53.2 Å². The molecular weight excluding hydrogens is 419 g/mol. The number of halogens is 2. The predicted octanol–water partition coefficient (Wildman–Crippen LogP) is 5.01. The number of carbonyl (C=O) groups is 1. The molecule has 1 N–H and O–H groups in total. The Morgan fingerprint density at radius 2 is 1.96 bits per heavy atom. The maximum Gasteiger partial charge on any atom is 0.234 e. The van der Waals surface area contributed by atoms with Gasteiger partial charge in [-0.15, -0.1) is 10.2 Å². The predicted molar refractivity (Wildman–Crippen MR) is 113 cm³/mol. The minimum absolute atomic E-state index is 0.160. The second-order valence-electron chi connectivity index (χ2n) is 5.69. The van der Waals surface area contributed by atoms with E-state index in [0.29, 0.717) is 33.3 Å². The summed E-state index contributed by atoms with van der Waals surface area (Å²) in [4.78, 5) is 12.3. The molecule has 3 rings (SSSR count). The van der Waals surface area contributed by atoms with E-state index < -0.39 is 0 Å². The fourth-order valence-electron chi connectivity index (χ4n) is 2.63. The molecule has 0 saturated heterocycles. The van der Waals surface area contributed by atoms with Crippen LogP contribution < -0.4 is 10.1 Å². The van der Waals surface area contributed by atoms with Crippen molar-refractivity contribution in [1.29, 1.82) is 0 Å². The number of nitrogens with one attached hydrogen (secondary N) is 1. The molecule has 6 nitrogen and oxygen atoms in total. The van der Waals surface area contributed by atoms with Crippen molar-refractivity contribution < 1.29 is 9.53 Å². The highest BCUT2D eigenvalue weighted by atomic mass is 35.5. The number of carbonyl (C=O) groups excluding carboxylic acids is 1. The monoisotopic (exact) mass is 436 g/mol. The summed E-state index contributed by atoms with van der Waals surface area (Å²) in [7, 11) is 1.62. The summed E-state index contributed by atoms with van der Waals surface area (Å²) in [6.45, 7) is 2.66. The normalized spacial score (nSPS) is 10.7. The molecule has 0 unspecified atom stereocenters. The van der Waals surface area contributed by atoms with Crippen molar-refractivity contribution in [3.63, 3.8) is 0 Å². The number of anilines is 1. The van der Waals surface area contributed by atoms with Crippen LogP contribution in [0.5, 0.6) is 5.75 Å². The molecule has 0 radical (unpaired) electrons. The first-order chi connectivity index (χ1) is 13.5. The van der Waals surface area contributed by atoms with E-state index in [4.69, 9.17) is 27.9 Å². The van der Waals surface area contributed by atoms with E-state index in [2.05, 4.69) is 15.5 Å². The second kappa shape index (κ2) is 9.32. The van der Waals surface area contributed by atoms with Crippen molar-refractivity contribution in [2.24, 2.45) is 0 Å². The number of rotatable bonds is 7. The molecule has 0 fully saturated rings. The van der Waals surface area contributed by atoms with Gasteiger partial charge in [0.2, 0.25) is 5.91 Å². The lowest BCUT2D eigenvalue weighted by atomic mass is 10.2.